The highest BCUT2D eigenvalue weighted by Crippen LogP contribution is 2.24. The molecule has 7 nitrogen and oxygen atoms in total. The molecule has 0 saturated carbocycles. The maximum atomic E-state index is 12.3. The molecule has 10 heteroatoms. The summed E-state index contributed by atoms with van der Waals surface area (Å²) in [5, 5.41) is 7.16. The smallest absolute Gasteiger partial charge is 0.352 e. The minimum atomic E-state index is -4.49. The van der Waals surface area contributed by atoms with Crippen molar-refractivity contribution in [2.45, 2.75) is 31.5 Å². The maximum absolute atomic E-state index is 12.3. The fraction of sp³-hybridized carbons (Fsp3) is 0.533. The van der Waals surface area contributed by atoms with Gasteiger partial charge in [0.1, 0.15) is 18.4 Å². The van der Waals surface area contributed by atoms with Crippen LogP contribution in [-0.4, -0.2) is 58.2 Å². The zero-order chi connectivity index (χ0) is 18.0. The zero-order valence-corrected chi connectivity index (χ0v) is 13.7. The first-order valence-corrected chi connectivity index (χ1v) is 7.96. The Labute approximate surface area is 142 Å². The number of hydrogen-bond donors (Lipinski definition) is 2. The average molecular weight is 356 g/mol. The van der Waals surface area contributed by atoms with E-state index in [1.807, 2.05) is 23.1 Å². The van der Waals surface area contributed by atoms with E-state index in [9.17, 15) is 18.0 Å². The summed E-state index contributed by atoms with van der Waals surface area (Å²) in [6, 6.07) is 1.54. The van der Waals surface area contributed by atoms with Crippen LogP contribution in [0.4, 0.5) is 19.0 Å². The molecule has 1 unspecified atom stereocenters. The fourth-order valence-electron chi connectivity index (χ4n) is 3.06. The van der Waals surface area contributed by atoms with E-state index in [1.165, 1.54) is 6.33 Å². The van der Waals surface area contributed by atoms with E-state index < -0.39 is 18.5 Å². The molecule has 3 rings (SSSR count). The molecule has 0 radical (unpaired) electrons. The fourth-order valence-corrected chi connectivity index (χ4v) is 3.06. The van der Waals surface area contributed by atoms with E-state index in [0.717, 1.165) is 18.4 Å². The lowest BCUT2D eigenvalue weighted by Gasteiger charge is -2.39. The molecule has 0 spiro atoms. The number of carbonyl (C=O) groups excluding carboxylic acids is 1. The third-order valence-corrected chi connectivity index (χ3v) is 4.19. The number of rotatable bonds is 4. The highest BCUT2D eigenvalue weighted by molar-refractivity contribution is 5.86. The van der Waals surface area contributed by atoms with Gasteiger partial charge in [0.05, 0.1) is 5.39 Å². The number of carbonyl (C=O) groups is 1. The average Bonchev–Trinajstić information content (AvgIpc) is 3.01. The largest absolute Gasteiger partial charge is 0.397 e. The highest BCUT2D eigenvalue weighted by atomic mass is 19.4. The van der Waals surface area contributed by atoms with Crippen molar-refractivity contribution in [3.05, 3.63) is 18.6 Å². The SMILES string of the molecule is CN(c1ncnc2[nH]ccc12)N1CCCC(NC(=O)CC(F)(F)F)C1. The van der Waals surface area contributed by atoms with E-state index in [0.29, 0.717) is 24.4 Å². The number of nitrogens with zero attached hydrogens (tertiary/aromatic N) is 4. The van der Waals surface area contributed by atoms with Crippen LogP contribution < -0.4 is 10.3 Å². The number of hydrogen-bond acceptors (Lipinski definition) is 5. The van der Waals surface area contributed by atoms with Gasteiger partial charge in [0.2, 0.25) is 5.91 Å². The van der Waals surface area contributed by atoms with Gasteiger partial charge in [-0.25, -0.2) is 15.0 Å². The number of H-pyrrole nitrogens is 1. The number of halogens is 3. The molecule has 1 fully saturated rings. The molecule has 136 valence electrons. The monoisotopic (exact) mass is 356 g/mol. The predicted molar refractivity (Wildman–Crippen MR) is 85.7 cm³/mol. The zero-order valence-electron chi connectivity index (χ0n) is 13.7. The normalized spacial score (nSPS) is 19.1. The van der Waals surface area contributed by atoms with Crippen LogP contribution in [0.15, 0.2) is 18.6 Å². The van der Waals surface area contributed by atoms with Crippen molar-refractivity contribution in [2.75, 3.05) is 25.1 Å². The molecule has 2 aromatic heterocycles. The molecule has 2 N–H and O–H groups in total. The van der Waals surface area contributed by atoms with Crippen molar-refractivity contribution in [1.29, 1.82) is 0 Å². The summed E-state index contributed by atoms with van der Waals surface area (Å²) in [6.45, 7) is 1.16. The van der Waals surface area contributed by atoms with Crippen molar-refractivity contribution < 1.29 is 18.0 Å². The van der Waals surface area contributed by atoms with E-state index in [4.69, 9.17) is 0 Å². The van der Waals surface area contributed by atoms with Gasteiger partial charge in [-0.1, -0.05) is 0 Å². The van der Waals surface area contributed by atoms with Crippen LogP contribution in [0.25, 0.3) is 11.0 Å². The number of fused-ring (bicyclic) bond motifs is 1. The molecule has 0 aromatic carbocycles. The predicted octanol–water partition coefficient (Wildman–Crippen LogP) is 1.84. The summed E-state index contributed by atoms with van der Waals surface area (Å²) >= 11 is 0. The van der Waals surface area contributed by atoms with Crippen LogP contribution in [0.5, 0.6) is 0 Å². The Bertz CT molecular complexity index is 746. The van der Waals surface area contributed by atoms with E-state index in [1.54, 1.807) is 6.20 Å². The topological polar surface area (TPSA) is 77.2 Å². The molecule has 1 amide bonds. The minimum Gasteiger partial charge on any atom is -0.352 e. The Morgan fingerprint density at radius 1 is 1.48 bits per heavy atom. The van der Waals surface area contributed by atoms with E-state index >= 15 is 0 Å². The lowest BCUT2D eigenvalue weighted by Crippen LogP contribution is -2.53. The Hall–Kier alpha value is -2.36. The second-order valence-corrected chi connectivity index (χ2v) is 6.07. The van der Waals surface area contributed by atoms with Crippen LogP contribution in [-0.2, 0) is 4.79 Å². The van der Waals surface area contributed by atoms with Gasteiger partial charge in [-0.05, 0) is 18.9 Å². The first-order chi connectivity index (χ1) is 11.8. The summed E-state index contributed by atoms with van der Waals surface area (Å²) < 4.78 is 36.9. The molecule has 1 aliphatic heterocycles. The maximum Gasteiger partial charge on any atom is 0.397 e. The molecule has 1 atom stereocenters. The van der Waals surface area contributed by atoms with Crippen LogP contribution in [0.1, 0.15) is 19.3 Å². The van der Waals surface area contributed by atoms with Gasteiger partial charge in [0.25, 0.3) is 0 Å². The van der Waals surface area contributed by atoms with Gasteiger partial charge in [-0.2, -0.15) is 13.2 Å². The summed E-state index contributed by atoms with van der Waals surface area (Å²) in [5.74, 6) is -0.286. The molecular weight excluding hydrogens is 337 g/mol. The highest BCUT2D eigenvalue weighted by Gasteiger charge is 2.33. The third-order valence-electron chi connectivity index (χ3n) is 4.19. The second-order valence-electron chi connectivity index (χ2n) is 6.07. The Kier molecular flexibility index (Phi) is 4.80. The summed E-state index contributed by atoms with van der Waals surface area (Å²) in [4.78, 5) is 23.0. The molecule has 2 aromatic rings. The Morgan fingerprint density at radius 3 is 3.04 bits per heavy atom. The molecule has 0 bridgehead atoms. The van der Waals surface area contributed by atoms with Crippen molar-refractivity contribution in [1.82, 2.24) is 25.3 Å². The van der Waals surface area contributed by atoms with Crippen molar-refractivity contribution in [3.63, 3.8) is 0 Å². The van der Waals surface area contributed by atoms with Gasteiger partial charge in [-0.15, -0.1) is 0 Å². The summed E-state index contributed by atoms with van der Waals surface area (Å²) in [6.07, 6.45) is -1.30. The minimum absolute atomic E-state index is 0.324. The van der Waals surface area contributed by atoms with Crippen LogP contribution in [0.3, 0.4) is 0 Å². The first kappa shape index (κ1) is 17.5. The lowest BCUT2D eigenvalue weighted by molar-refractivity contribution is -0.154. The molecule has 0 aliphatic carbocycles. The first-order valence-electron chi connectivity index (χ1n) is 7.96. The van der Waals surface area contributed by atoms with Crippen LogP contribution >= 0.6 is 0 Å². The number of nitrogens with one attached hydrogen (secondary N) is 2. The number of hydrazine groups is 1. The number of piperidine rings is 1. The third kappa shape index (κ3) is 4.19. The number of aromatic amines is 1. The molecule has 3 heterocycles. The quantitative estimate of drug-likeness (QED) is 0.874. The van der Waals surface area contributed by atoms with Crippen molar-refractivity contribution in [3.8, 4) is 0 Å². The van der Waals surface area contributed by atoms with Gasteiger partial charge < -0.3 is 10.3 Å². The molecule has 1 aliphatic rings. The molecule has 1 saturated heterocycles. The standard InChI is InChI=1S/C15H19F3N6O/c1-23(14-11-4-5-19-13(11)20-9-21-14)24-6-2-3-10(8-24)22-12(25)7-15(16,17)18/h4-5,9-10H,2-3,6-8H2,1H3,(H,22,25)(H,19,20,21). The van der Waals surface area contributed by atoms with Crippen LogP contribution in [0.2, 0.25) is 0 Å². The van der Waals surface area contributed by atoms with Crippen LogP contribution in [0, 0.1) is 0 Å². The van der Waals surface area contributed by atoms with E-state index in [-0.39, 0.29) is 6.04 Å². The van der Waals surface area contributed by atoms with Crippen molar-refractivity contribution >= 4 is 22.8 Å². The second kappa shape index (κ2) is 6.87. The number of anilines is 1. The van der Waals surface area contributed by atoms with Gasteiger partial charge in [-0.3, -0.25) is 9.80 Å². The van der Waals surface area contributed by atoms with E-state index in [2.05, 4.69) is 20.3 Å². The number of aromatic nitrogens is 3. The van der Waals surface area contributed by atoms with Crippen molar-refractivity contribution in [2.24, 2.45) is 0 Å². The lowest BCUT2D eigenvalue weighted by atomic mass is 10.1. The summed E-state index contributed by atoms with van der Waals surface area (Å²) in [5.41, 5.74) is 0.712. The Balaban J connectivity index is 1.67. The molecular formula is C15H19F3N6O. The van der Waals surface area contributed by atoms with Gasteiger partial charge >= 0.3 is 6.18 Å². The number of alkyl halides is 3. The Morgan fingerprint density at radius 2 is 2.28 bits per heavy atom. The van der Waals surface area contributed by atoms with Gasteiger partial charge in [0.15, 0.2) is 5.82 Å². The number of amides is 1. The summed E-state index contributed by atoms with van der Waals surface area (Å²) in [7, 11) is 1.84. The molecule has 25 heavy (non-hydrogen) atoms. The van der Waals surface area contributed by atoms with Gasteiger partial charge in [0, 0.05) is 32.4 Å².